The highest BCUT2D eigenvalue weighted by atomic mass is 16.2. The van der Waals surface area contributed by atoms with E-state index in [0.29, 0.717) is 19.6 Å². The maximum Gasteiger partial charge on any atom is 0.344 e. The van der Waals surface area contributed by atoms with Gasteiger partial charge in [-0.05, 0) is 18.9 Å². The molecule has 0 radical (unpaired) electrons. The van der Waals surface area contributed by atoms with Crippen molar-refractivity contribution in [3.05, 3.63) is 18.0 Å². The summed E-state index contributed by atoms with van der Waals surface area (Å²) in [7, 11) is 0. The first-order chi connectivity index (χ1) is 8.58. The monoisotopic (exact) mass is 250 g/mol. The van der Waals surface area contributed by atoms with Gasteiger partial charge in [-0.2, -0.15) is 9.78 Å². The van der Waals surface area contributed by atoms with Gasteiger partial charge < -0.3 is 9.80 Å². The summed E-state index contributed by atoms with van der Waals surface area (Å²) in [4.78, 5) is 27.0. The van der Waals surface area contributed by atoms with Crippen LogP contribution in [0.1, 0.15) is 18.9 Å². The summed E-state index contributed by atoms with van der Waals surface area (Å²) in [6.45, 7) is 6.02. The van der Waals surface area contributed by atoms with Crippen LogP contribution in [-0.2, 0) is 4.79 Å². The summed E-state index contributed by atoms with van der Waals surface area (Å²) in [5, 5.41) is 4.02. The van der Waals surface area contributed by atoms with Crippen LogP contribution in [0.5, 0.6) is 0 Å². The summed E-state index contributed by atoms with van der Waals surface area (Å²) in [6.07, 6.45) is 4.19. The van der Waals surface area contributed by atoms with E-state index in [1.54, 1.807) is 29.1 Å². The molecule has 2 amide bonds. The van der Waals surface area contributed by atoms with E-state index in [2.05, 4.69) is 5.10 Å². The minimum Gasteiger partial charge on any atom is -0.341 e. The van der Waals surface area contributed by atoms with Gasteiger partial charge in [0, 0.05) is 39.3 Å². The lowest BCUT2D eigenvalue weighted by Gasteiger charge is -2.20. The number of amides is 2. The smallest absolute Gasteiger partial charge is 0.341 e. The first kappa shape index (κ1) is 12.6. The van der Waals surface area contributed by atoms with Crippen LogP contribution < -0.4 is 0 Å². The number of nitrogens with zero attached hydrogens (tertiary/aromatic N) is 4. The molecule has 1 aromatic heterocycles. The second-order valence-corrected chi connectivity index (χ2v) is 4.59. The summed E-state index contributed by atoms with van der Waals surface area (Å²) in [5.41, 5.74) is 0.962. The van der Waals surface area contributed by atoms with Gasteiger partial charge in [0.1, 0.15) is 0 Å². The lowest BCUT2D eigenvalue weighted by Crippen LogP contribution is -2.38. The van der Waals surface area contributed by atoms with Gasteiger partial charge in [0.05, 0.1) is 6.20 Å². The standard InChI is InChI=1S/C12H18N4O2/c1-10-8-13-16(9-10)12(18)15-5-3-4-14(6-7-15)11(2)17/h8-9H,3-7H2,1-2H3. The Labute approximate surface area is 106 Å². The Bertz CT molecular complexity index is 455. The van der Waals surface area contributed by atoms with Crippen molar-refractivity contribution in [2.45, 2.75) is 20.3 Å². The minimum absolute atomic E-state index is 0.0687. The van der Waals surface area contributed by atoms with Gasteiger partial charge in [-0.3, -0.25) is 4.79 Å². The molecule has 1 aliphatic rings. The van der Waals surface area contributed by atoms with Gasteiger partial charge in [-0.25, -0.2) is 4.79 Å². The molecule has 0 bridgehead atoms. The van der Waals surface area contributed by atoms with Crippen molar-refractivity contribution in [1.29, 1.82) is 0 Å². The van der Waals surface area contributed by atoms with E-state index in [-0.39, 0.29) is 11.9 Å². The van der Waals surface area contributed by atoms with Crippen LogP contribution in [0.4, 0.5) is 4.79 Å². The van der Waals surface area contributed by atoms with Crippen LogP contribution in [0.15, 0.2) is 12.4 Å². The molecular formula is C12H18N4O2. The fourth-order valence-electron chi connectivity index (χ4n) is 2.09. The van der Waals surface area contributed by atoms with Crippen molar-refractivity contribution >= 4 is 11.9 Å². The highest BCUT2D eigenvalue weighted by Gasteiger charge is 2.21. The van der Waals surface area contributed by atoms with Crippen LogP contribution in [0.2, 0.25) is 0 Å². The number of hydrogen-bond donors (Lipinski definition) is 0. The average Bonchev–Trinajstić information content (AvgIpc) is 2.63. The van der Waals surface area contributed by atoms with Crippen LogP contribution >= 0.6 is 0 Å². The van der Waals surface area contributed by atoms with E-state index < -0.39 is 0 Å². The SMILES string of the molecule is CC(=O)N1CCCN(C(=O)n2cc(C)cn2)CC1. The number of hydrogen-bond acceptors (Lipinski definition) is 3. The molecule has 0 unspecified atom stereocenters. The number of rotatable bonds is 0. The minimum atomic E-state index is -0.117. The van der Waals surface area contributed by atoms with Gasteiger partial charge in [0.25, 0.3) is 0 Å². The molecule has 0 atom stereocenters. The van der Waals surface area contributed by atoms with Crippen molar-refractivity contribution < 1.29 is 9.59 Å². The molecule has 0 N–H and O–H groups in total. The van der Waals surface area contributed by atoms with Crippen molar-refractivity contribution in [1.82, 2.24) is 19.6 Å². The molecule has 98 valence electrons. The Kier molecular flexibility index (Phi) is 3.64. The summed E-state index contributed by atoms with van der Waals surface area (Å²) < 4.78 is 1.36. The topological polar surface area (TPSA) is 58.4 Å². The van der Waals surface area contributed by atoms with Crippen LogP contribution in [0, 0.1) is 6.92 Å². The third kappa shape index (κ3) is 2.69. The van der Waals surface area contributed by atoms with E-state index in [1.807, 2.05) is 6.92 Å². The lowest BCUT2D eigenvalue weighted by atomic mass is 10.4. The zero-order valence-corrected chi connectivity index (χ0v) is 10.8. The van der Waals surface area contributed by atoms with E-state index in [9.17, 15) is 9.59 Å². The molecule has 1 fully saturated rings. The highest BCUT2D eigenvalue weighted by molar-refractivity contribution is 5.76. The fraction of sp³-hybridized carbons (Fsp3) is 0.583. The van der Waals surface area contributed by atoms with E-state index in [4.69, 9.17) is 0 Å². The maximum atomic E-state index is 12.2. The van der Waals surface area contributed by atoms with Crippen molar-refractivity contribution in [2.75, 3.05) is 26.2 Å². The summed E-state index contributed by atoms with van der Waals surface area (Å²) >= 11 is 0. The predicted octanol–water partition coefficient (Wildman–Crippen LogP) is 0.714. The third-order valence-electron chi connectivity index (χ3n) is 3.12. The molecule has 0 aliphatic carbocycles. The van der Waals surface area contributed by atoms with Crippen molar-refractivity contribution in [2.24, 2.45) is 0 Å². The van der Waals surface area contributed by atoms with Gasteiger partial charge in [-0.15, -0.1) is 0 Å². The number of carbonyl (C=O) groups is 2. The molecule has 0 aromatic carbocycles. The third-order valence-corrected chi connectivity index (χ3v) is 3.12. The van der Waals surface area contributed by atoms with Crippen LogP contribution in [0.3, 0.4) is 0 Å². The second-order valence-electron chi connectivity index (χ2n) is 4.59. The van der Waals surface area contributed by atoms with Gasteiger partial charge >= 0.3 is 6.03 Å². The van der Waals surface area contributed by atoms with E-state index in [1.165, 1.54) is 4.68 Å². The number of carbonyl (C=O) groups excluding carboxylic acids is 2. The molecule has 6 heteroatoms. The number of aryl methyl sites for hydroxylation is 1. The second kappa shape index (κ2) is 5.20. The molecule has 6 nitrogen and oxygen atoms in total. The zero-order valence-electron chi connectivity index (χ0n) is 10.8. The van der Waals surface area contributed by atoms with Gasteiger partial charge in [0.2, 0.25) is 5.91 Å². The predicted molar refractivity (Wildman–Crippen MR) is 66.2 cm³/mol. The quantitative estimate of drug-likeness (QED) is 0.681. The summed E-state index contributed by atoms with van der Waals surface area (Å²) in [6, 6.07) is -0.117. The lowest BCUT2D eigenvalue weighted by molar-refractivity contribution is -0.128. The van der Waals surface area contributed by atoms with Crippen LogP contribution in [-0.4, -0.2) is 57.7 Å². The largest absolute Gasteiger partial charge is 0.344 e. The Morgan fingerprint density at radius 1 is 1.17 bits per heavy atom. The van der Waals surface area contributed by atoms with E-state index in [0.717, 1.165) is 18.5 Å². The first-order valence-corrected chi connectivity index (χ1v) is 6.14. The molecule has 0 spiro atoms. The Morgan fingerprint density at radius 2 is 1.83 bits per heavy atom. The fourth-order valence-corrected chi connectivity index (χ4v) is 2.09. The molecule has 2 heterocycles. The molecule has 1 aromatic rings. The molecule has 1 saturated heterocycles. The first-order valence-electron chi connectivity index (χ1n) is 6.14. The van der Waals surface area contributed by atoms with Crippen molar-refractivity contribution in [3.8, 4) is 0 Å². The zero-order chi connectivity index (χ0) is 13.1. The van der Waals surface area contributed by atoms with Crippen LogP contribution in [0.25, 0.3) is 0 Å². The summed E-state index contributed by atoms with van der Waals surface area (Å²) in [5.74, 6) is 0.0687. The van der Waals surface area contributed by atoms with E-state index >= 15 is 0 Å². The maximum absolute atomic E-state index is 12.2. The Balaban J connectivity index is 2.02. The number of aromatic nitrogens is 2. The molecule has 18 heavy (non-hydrogen) atoms. The molecule has 2 rings (SSSR count). The van der Waals surface area contributed by atoms with Crippen molar-refractivity contribution in [3.63, 3.8) is 0 Å². The molecule has 0 saturated carbocycles. The Morgan fingerprint density at radius 3 is 2.44 bits per heavy atom. The van der Waals surface area contributed by atoms with Gasteiger partial charge in [0.15, 0.2) is 0 Å². The highest BCUT2D eigenvalue weighted by Crippen LogP contribution is 2.06. The average molecular weight is 250 g/mol. The Hall–Kier alpha value is -1.85. The molecular weight excluding hydrogens is 232 g/mol. The normalized spacial score (nSPS) is 16.6. The molecule has 1 aliphatic heterocycles. The van der Waals surface area contributed by atoms with Gasteiger partial charge in [-0.1, -0.05) is 0 Å².